The highest BCUT2D eigenvalue weighted by Gasteiger charge is 2.33. The Morgan fingerprint density at radius 3 is 2.60 bits per heavy atom. The lowest BCUT2D eigenvalue weighted by Crippen LogP contribution is -2.21. The molecule has 1 rings (SSSR count). The molecule has 1 aromatic heterocycles. The Labute approximate surface area is 84.7 Å². The van der Waals surface area contributed by atoms with Gasteiger partial charge in [-0.15, -0.1) is 6.58 Å². The summed E-state index contributed by atoms with van der Waals surface area (Å²) in [5.74, 6) is 0. The Kier molecular flexibility index (Phi) is 3.02. The Bertz CT molecular complexity index is 431. The molecule has 1 heterocycles. The molecular weight excluding hydrogens is 207 g/mol. The van der Waals surface area contributed by atoms with Crippen LogP contribution in [-0.2, 0) is 19.6 Å². The zero-order valence-electron chi connectivity index (χ0n) is 8.14. The maximum atomic E-state index is 12.5. The van der Waals surface area contributed by atoms with Gasteiger partial charge in [0.25, 0.3) is 5.56 Å². The van der Waals surface area contributed by atoms with Crippen LogP contribution in [0.2, 0.25) is 0 Å². The van der Waals surface area contributed by atoms with Crippen LogP contribution in [-0.4, -0.2) is 4.57 Å². The first-order valence-electron chi connectivity index (χ1n) is 4.24. The highest BCUT2D eigenvalue weighted by Crippen LogP contribution is 2.31. The molecular formula is C10H10F3NO. The molecule has 0 bridgehead atoms. The third-order valence-electron chi connectivity index (χ3n) is 1.98. The summed E-state index contributed by atoms with van der Waals surface area (Å²) in [6.07, 6.45) is -1.85. The van der Waals surface area contributed by atoms with Crippen LogP contribution in [0.5, 0.6) is 0 Å². The molecule has 0 unspecified atom stereocenters. The second kappa shape index (κ2) is 3.92. The number of aryl methyl sites for hydroxylation is 1. The van der Waals surface area contributed by atoms with Crippen LogP contribution in [0.4, 0.5) is 13.2 Å². The SMILES string of the molecule is C=CCc1cn(C)c(=O)cc1C(F)(F)F. The van der Waals surface area contributed by atoms with Crippen molar-refractivity contribution < 1.29 is 13.2 Å². The number of pyridine rings is 1. The summed E-state index contributed by atoms with van der Waals surface area (Å²) in [5, 5.41) is 0. The molecule has 0 fully saturated rings. The normalized spacial score (nSPS) is 11.5. The van der Waals surface area contributed by atoms with E-state index in [4.69, 9.17) is 0 Å². The molecule has 0 saturated carbocycles. The fraction of sp³-hybridized carbons (Fsp3) is 0.300. The topological polar surface area (TPSA) is 22.0 Å². The molecule has 0 saturated heterocycles. The molecule has 0 amide bonds. The molecule has 0 radical (unpaired) electrons. The Hall–Kier alpha value is -1.52. The van der Waals surface area contributed by atoms with Crippen LogP contribution in [0, 0.1) is 0 Å². The molecule has 5 heteroatoms. The van der Waals surface area contributed by atoms with Crippen LogP contribution in [0.25, 0.3) is 0 Å². The summed E-state index contributed by atoms with van der Waals surface area (Å²) in [5.41, 5.74) is -1.50. The van der Waals surface area contributed by atoms with Crippen LogP contribution in [0.15, 0.2) is 29.7 Å². The van der Waals surface area contributed by atoms with Gasteiger partial charge in [-0.25, -0.2) is 0 Å². The van der Waals surface area contributed by atoms with E-state index < -0.39 is 17.3 Å². The number of allylic oxidation sites excluding steroid dienone is 1. The van der Waals surface area contributed by atoms with Crippen LogP contribution < -0.4 is 5.56 Å². The monoisotopic (exact) mass is 217 g/mol. The van der Waals surface area contributed by atoms with Gasteiger partial charge in [0.1, 0.15) is 0 Å². The molecule has 0 aliphatic heterocycles. The van der Waals surface area contributed by atoms with Crippen molar-refractivity contribution in [3.05, 3.63) is 46.4 Å². The first-order chi connectivity index (χ1) is 6.86. The predicted octanol–water partition coefficient (Wildman–Crippen LogP) is 2.13. The third-order valence-corrected chi connectivity index (χ3v) is 1.98. The second-order valence-corrected chi connectivity index (χ2v) is 3.15. The lowest BCUT2D eigenvalue weighted by molar-refractivity contribution is -0.138. The Morgan fingerprint density at radius 2 is 2.13 bits per heavy atom. The van der Waals surface area contributed by atoms with E-state index in [1.807, 2.05) is 0 Å². The molecule has 0 aliphatic rings. The number of rotatable bonds is 2. The van der Waals surface area contributed by atoms with Crippen molar-refractivity contribution in [2.75, 3.05) is 0 Å². The van der Waals surface area contributed by atoms with Gasteiger partial charge in [0.2, 0.25) is 0 Å². The fourth-order valence-electron chi connectivity index (χ4n) is 1.27. The van der Waals surface area contributed by atoms with Crippen molar-refractivity contribution in [2.24, 2.45) is 7.05 Å². The molecule has 2 nitrogen and oxygen atoms in total. The summed E-state index contributed by atoms with van der Waals surface area (Å²) < 4.78 is 38.6. The molecule has 15 heavy (non-hydrogen) atoms. The number of hydrogen-bond acceptors (Lipinski definition) is 1. The Balaban J connectivity index is 3.41. The highest BCUT2D eigenvalue weighted by molar-refractivity contribution is 5.28. The van der Waals surface area contributed by atoms with E-state index in [-0.39, 0.29) is 12.0 Å². The van der Waals surface area contributed by atoms with E-state index in [1.54, 1.807) is 0 Å². The minimum atomic E-state index is -4.49. The van der Waals surface area contributed by atoms with Gasteiger partial charge in [-0.05, 0) is 12.0 Å². The van der Waals surface area contributed by atoms with Crippen molar-refractivity contribution >= 4 is 0 Å². The largest absolute Gasteiger partial charge is 0.416 e. The van der Waals surface area contributed by atoms with E-state index in [9.17, 15) is 18.0 Å². The highest BCUT2D eigenvalue weighted by atomic mass is 19.4. The van der Waals surface area contributed by atoms with Crippen molar-refractivity contribution in [2.45, 2.75) is 12.6 Å². The first-order valence-corrected chi connectivity index (χ1v) is 4.24. The van der Waals surface area contributed by atoms with Crippen LogP contribution in [0.3, 0.4) is 0 Å². The van der Waals surface area contributed by atoms with E-state index in [1.165, 1.54) is 19.3 Å². The zero-order valence-corrected chi connectivity index (χ0v) is 8.14. The van der Waals surface area contributed by atoms with Crippen molar-refractivity contribution in [1.82, 2.24) is 4.57 Å². The quantitative estimate of drug-likeness (QED) is 0.695. The van der Waals surface area contributed by atoms with Gasteiger partial charge in [0.15, 0.2) is 0 Å². The lowest BCUT2D eigenvalue weighted by Gasteiger charge is -2.12. The third kappa shape index (κ3) is 2.49. The van der Waals surface area contributed by atoms with Gasteiger partial charge < -0.3 is 4.57 Å². The number of hydrogen-bond donors (Lipinski definition) is 0. The van der Waals surface area contributed by atoms with Gasteiger partial charge in [0.05, 0.1) is 5.56 Å². The minimum absolute atomic E-state index is 0.0552. The van der Waals surface area contributed by atoms with Gasteiger partial charge in [-0.3, -0.25) is 4.79 Å². The number of alkyl halides is 3. The number of nitrogens with zero attached hydrogens (tertiary/aromatic N) is 1. The summed E-state index contributed by atoms with van der Waals surface area (Å²) in [6.45, 7) is 3.38. The smallest absolute Gasteiger partial charge is 0.318 e. The molecule has 1 aromatic rings. The maximum Gasteiger partial charge on any atom is 0.416 e. The minimum Gasteiger partial charge on any atom is -0.318 e. The number of aromatic nitrogens is 1. The average Bonchev–Trinajstić information content (AvgIpc) is 2.09. The van der Waals surface area contributed by atoms with Gasteiger partial charge in [-0.1, -0.05) is 6.08 Å². The predicted molar refractivity (Wildman–Crippen MR) is 50.6 cm³/mol. The van der Waals surface area contributed by atoms with Gasteiger partial charge >= 0.3 is 6.18 Å². The van der Waals surface area contributed by atoms with E-state index in [2.05, 4.69) is 6.58 Å². The van der Waals surface area contributed by atoms with Crippen LogP contribution >= 0.6 is 0 Å². The maximum absolute atomic E-state index is 12.5. The van der Waals surface area contributed by atoms with E-state index in [0.29, 0.717) is 6.07 Å². The van der Waals surface area contributed by atoms with Crippen molar-refractivity contribution in [3.63, 3.8) is 0 Å². The summed E-state index contributed by atoms with van der Waals surface area (Å²) in [6, 6.07) is 0.610. The molecule has 82 valence electrons. The van der Waals surface area contributed by atoms with E-state index >= 15 is 0 Å². The molecule has 0 aromatic carbocycles. The summed E-state index contributed by atoms with van der Waals surface area (Å²) >= 11 is 0. The van der Waals surface area contributed by atoms with E-state index in [0.717, 1.165) is 4.57 Å². The first kappa shape index (κ1) is 11.6. The summed E-state index contributed by atoms with van der Waals surface area (Å²) in [4.78, 5) is 11.1. The van der Waals surface area contributed by atoms with Crippen LogP contribution in [0.1, 0.15) is 11.1 Å². The fourth-order valence-corrected chi connectivity index (χ4v) is 1.27. The molecule has 0 spiro atoms. The van der Waals surface area contributed by atoms with Gasteiger partial charge in [-0.2, -0.15) is 13.2 Å². The summed E-state index contributed by atoms with van der Waals surface area (Å²) in [7, 11) is 1.41. The standard InChI is InChI=1S/C10H10F3NO/c1-3-4-7-6-14(2)9(15)5-8(7)10(11,12)13/h3,5-6H,1,4H2,2H3. The number of halogens is 3. The second-order valence-electron chi connectivity index (χ2n) is 3.15. The average molecular weight is 217 g/mol. The molecule has 0 atom stereocenters. The van der Waals surface area contributed by atoms with Gasteiger partial charge in [0, 0.05) is 19.3 Å². The molecule has 0 aliphatic carbocycles. The Morgan fingerprint density at radius 1 is 1.53 bits per heavy atom. The molecule has 0 N–H and O–H groups in total. The van der Waals surface area contributed by atoms with Crippen molar-refractivity contribution in [1.29, 1.82) is 0 Å². The van der Waals surface area contributed by atoms with Crippen molar-refractivity contribution in [3.8, 4) is 0 Å². The lowest BCUT2D eigenvalue weighted by atomic mass is 10.1. The zero-order chi connectivity index (χ0) is 11.6.